The Bertz CT molecular complexity index is 913. The summed E-state index contributed by atoms with van der Waals surface area (Å²) in [4.78, 5) is 29.0. The molecule has 0 saturated carbocycles. The van der Waals surface area contributed by atoms with Crippen molar-refractivity contribution in [2.45, 2.75) is 26.3 Å². The fraction of sp³-hybridized carbons (Fsp3) is 0.391. The van der Waals surface area contributed by atoms with E-state index in [1.54, 1.807) is 11.0 Å². The number of carbonyl (C=O) groups is 2. The second kappa shape index (κ2) is 8.56. The highest BCUT2D eigenvalue weighted by molar-refractivity contribution is 6.30. The van der Waals surface area contributed by atoms with Crippen molar-refractivity contribution in [1.82, 2.24) is 10.2 Å². The SMILES string of the molecule is Cc1cc(Cl)ccc1C(=O)[C@@H]1CCCN(Cc2ccc(N3CCNC3=O)cc2)C1. The number of Topliss-reactive ketones (excluding diaryl/α,β-unsaturated/α-hetero) is 1. The molecule has 2 aliphatic rings. The summed E-state index contributed by atoms with van der Waals surface area (Å²) in [5.41, 5.74) is 3.86. The number of likely N-dealkylation sites (tertiary alicyclic amines) is 1. The number of anilines is 1. The maximum Gasteiger partial charge on any atom is 0.321 e. The Hall–Kier alpha value is -2.37. The molecule has 152 valence electrons. The molecule has 0 aromatic heterocycles. The summed E-state index contributed by atoms with van der Waals surface area (Å²) in [6, 6.07) is 13.6. The number of rotatable bonds is 5. The van der Waals surface area contributed by atoms with E-state index in [0.29, 0.717) is 18.1 Å². The quantitative estimate of drug-likeness (QED) is 0.747. The zero-order valence-electron chi connectivity index (χ0n) is 16.7. The van der Waals surface area contributed by atoms with Crippen LogP contribution >= 0.6 is 11.6 Å². The number of nitrogens with one attached hydrogen (secondary N) is 1. The summed E-state index contributed by atoms with van der Waals surface area (Å²) in [6.07, 6.45) is 1.95. The lowest BCUT2D eigenvalue weighted by molar-refractivity contribution is 0.0811. The van der Waals surface area contributed by atoms with Gasteiger partial charge in [-0.25, -0.2) is 4.79 Å². The Labute approximate surface area is 176 Å². The molecule has 2 heterocycles. The number of piperidine rings is 1. The highest BCUT2D eigenvalue weighted by Crippen LogP contribution is 2.26. The van der Waals surface area contributed by atoms with E-state index in [9.17, 15) is 9.59 Å². The highest BCUT2D eigenvalue weighted by atomic mass is 35.5. The van der Waals surface area contributed by atoms with Gasteiger partial charge in [-0.1, -0.05) is 23.7 Å². The minimum absolute atomic E-state index is 0.0243. The van der Waals surface area contributed by atoms with Gasteiger partial charge in [0.25, 0.3) is 0 Å². The third-order valence-electron chi connectivity index (χ3n) is 5.84. The van der Waals surface area contributed by atoms with Crippen molar-refractivity contribution in [3.05, 3.63) is 64.2 Å². The largest absolute Gasteiger partial charge is 0.336 e. The van der Waals surface area contributed by atoms with E-state index in [2.05, 4.69) is 22.3 Å². The van der Waals surface area contributed by atoms with Gasteiger partial charge in [0.15, 0.2) is 5.78 Å². The Balaban J connectivity index is 1.39. The molecule has 2 aromatic rings. The molecule has 29 heavy (non-hydrogen) atoms. The smallest absolute Gasteiger partial charge is 0.321 e. The highest BCUT2D eigenvalue weighted by Gasteiger charge is 2.27. The fourth-order valence-electron chi connectivity index (χ4n) is 4.29. The molecule has 0 bridgehead atoms. The summed E-state index contributed by atoms with van der Waals surface area (Å²) in [7, 11) is 0. The first-order valence-corrected chi connectivity index (χ1v) is 10.6. The van der Waals surface area contributed by atoms with Gasteiger partial charge < -0.3 is 5.32 Å². The van der Waals surface area contributed by atoms with Crippen LogP contribution in [0.25, 0.3) is 0 Å². The summed E-state index contributed by atoms with van der Waals surface area (Å²) in [5.74, 6) is 0.246. The molecule has 2 amide bonds. The van der Waals surface area contributed by atoms with E-state index in [1.807, 2.05) is 31.2 Å². The number of amides is 2. The molecule has 4 rings (SSSR count). The van der Waals surface area contributed by atoms with E-state index < -0.39 is 0 Å². The van der Waals surface area contributed by atoms with E-state index in [-0.39, 0.29) is 17.7 Å². The van der Waals surface area contributed by atoms with Crippen LogP contribution in [0.1, 0.15) is 34.3 Å². The summed E-state index contributed by atoms with van der Waals surface area (Å²) in [5, 5.41) is 3.49. The van der Waals surface area contributed by atoms with Crippen molar-refractivity contribution in [3.8, 4) is 0 Å². The van der Waals surface area contributed by atoms with Crippen molar-refractivity contribution >= 4 is 29.1 Å². The molecule has 5 nitrogen and oxygen atoms in total. The third kappa shape index (κ3) is 4.46. The molecule has 2 aliphatic heterocycles. The van der Waals surface area contributed by atoms with Crippen molar-refractivity contribution in [1.29, 1.82) is 0 Å². The summed E-state index contributed by atoms with van der Waals surface area (Å²) in [6.45, 7) is 5.93. The normalized spacial score (nSPS) is 20.0. The van der Waals surface area contributed by atoms with Crippen LogP contribution in [0.15, 0.2) is 42.5 Å². The molecular formula is C23H26ClN3O2. The lowest BCUT2D eigenvalue weighted by atomic mass is 9.88. The first-order chi connectivity index (χ1) is 14.0. The van der Waals surface area contributed by atoms with Crippen LogP contribution in [-0.4, -0.2) is 42.9 Å². The van der Waals surface area contributed by atoms with Gasteiger partial charge in [-0.05, 0) is 67.8 Å². The van der Waals surface area contributed by atoms with Crippen LogP contribution in [0, 0.1) is 12.8 Å². The average Bonchev–Trinajstić information content (AvgIpc) is 3.14. The number of hydrogen-bond acceptors (Lipinski definition) is 3. The van der Waals surface area contributed by atoms with Crippen molar-refractivity contribution < 1.29 is 9.59 Å². The van der Waals surface area contributed by atoms with Gasteiger partial charge in [0, 0.05) is 48.4 Å². The molecule has 6 heteroatoms. The average molecular weight is 412 g/mol. The standard InChI is InChI=1S/C23H26ClN3O2/c1-16-13-19(24)6-9-21(16)22(28)18-3-2-11-26(15-18)14-17-4-7-20(8-5-17)27-12-10-25-23(27)29/h4-9,13,18H,2-3,10-12,14-15H2,1H3,(H,25,29)/t18-/m1/s1. The summed E-state index contributed by atoms with van der Waals surface area (Å²) < 4.78 is 0. The van der Waals surface area contributed by atoms with Crippen LogP contribution in [-0.2, 0) is 6.54 Å². The van der Waals surface area contributed by atoms with Crippen LogP contribution < -0.4 is 10.2 Å². The number of benzene rings is 2. The molecule has 2 saturated heterocycles. The van der Waals surface area contributed by atoms with Crippen LogP contribution in [0.2, 0.25) is 5.02 Å². The number of urea groups is 1. The van der Waals surface area contributed by atoms with Gasteiger partial charge in [-0.2, -0.15) is 0 Å². The molecule has 1 N–H and O–H groups in total. The van der Waals surface area contributed by atoms with E-state index in [1.165, 1.54) is 5.56 Å². The zero-order valence-corrected chi connectivity index (χ0v) is 17.4. The molecule has 0 radical (unpaired) electrons. The second-order valence-corrected chi connectivity index (χ2v) is 8.38. The van der Waals surface area contributed by atoms with Gasteiger partial charge in [0.05, 0.1) is 0 Å². The number of aryl methyl sites for hydroxylation is 1. The molecule has 1 atom stereocenters. The maximum absolute atomic E-state index is 13.0. The minimum Gasteiger partial charge on any atom is -0.336 e. The van der Waals surface area contributed by atoms with Crippen LogP contribution in [0.4, 0.5) is 10.5 Å². The van der Waals surface area contributed by atoms with Gasteiger partial charge in [0.1, 0.15) is 0 Å². The van der Waals surface area contributed by atoms with Gasteiger partial charge in [0.2, 0.25) is 0 Å². The Morgan fingerprint density at radius 2 is 1.97 bits per heavy atom. The van der Waals surface area contributed by atoms with E-state index >= 15 is 0 Å². The number of nitrogens with zero attached hydrogens (tertiary/aromatic N) is 2. The molecular weight excluding hydrogens is 386 g/mol. The van der Waals surface area contributed by atoms with Crippen LogP contribution in [0.3, 0.4) is 0 Å². The third-order valence-corrected chi connectivity index (χ3v) is 6.08. The first kappa shape index (κ1) is 19.9. The van der Waals surface area contributed by atoms with Crippen molar-refractivity contribution in [2.75, 3.05) is 31.1 Å². The monoisotopic (exact) mass is 411 g/mol. The zero-order chi connectivity index (χ0) is 20.4. The number of ketones is 1. The van der Waals surface area contributed by atoms with Crippen molar-refractivity contribution in [2.24, 2.45) is 5.92 Å². The van der Waals surface area contributed by atoms with Crippen LogP contribution in [0.5, 0.6) is 0 Å². The first-order valence-electron chi connectivity index (χ1n) is 10.2. The Morgan fingerprint density at radius 1 is 1.17 bits per heavy atom. The molecule has 0 aliphatic carbocycles. The minimum atomic E-state index is -0.0346. The van der Waals surface area contributed by atoms with Crippen molar-refractivity contribution in [3.63, 3.8) is 0 Å². The Morgan fingerprint density at radius 3 is 2.66 bits per heavy atom. The number of carbonyl (C=O) groups excluding carboxylic acids is 2. The maximum atomic E-state index is 13.0. The molecule has 0 unspecified atom stereocenters. The van der Waals surface area contributed by atoms with Gasteiger partial charge in [-0.15, -0.1) is 0 Å². The Kier molecular flexibility index (Phi) is 5.88. The number of halogens is 1. The molecule has 2 aromatic carbocycles. The molecule has 2 fully saturated rings. The predicted molar refractivity (Wildman–Crippen MR) is 116 cm³/mol. The fourth-order valence-corrected chi connectivity index (χ4v) is 4.52. The predicted octanol–water partition coefficient (Wildman–Crippen LogP) is 4.27. The molecule has 0 spiro atoms. The van der Waals surface area contributed by atoms with Gasteiger partial charge >= 0.3 is 6.03 Å². The van der Waals surface area contributed by atoms with E-state index in [4.69, 9.17) is 11.6 Å². The van der Waals surface area contributed by atoms with E-state index in [0.717, 1.165) is 49.3 Å². The topological polar surface area (TPSA) is 52.7 Å². The van der Waals surface area contributed by atoms with Gasteiger partial charge in [-0.3, -0.25) is 14.6 Å². The lowest BCUT2D eigenvalue weighted by Gasteiger charge is -2.32. The number of hydrogen-bond donors (Lipinski definition) is 1. The lowest BCUT2D eigenvalue weighted by Crippen LogP contribution is -2.38. The summed E-state index contributed by atoms with van der Waals surface area (Å²) >= 11 is 6.04. The second-order valence-electron chi connectivity index (χ2n) is 7.95.